The van der Waals surface area contributed by atoms with Crippen LogP contribution >= 0.6 is 23.2 Å². The fourth-order valence-electron chi connectivity index (χ4n) is 6.18. The molecule has 13 heteroatoms. The maximum atomic E-state index is 14.3. The molecule has 1 unspecified atom stereocenters. The molecule has 0 radical (unpaired) electrons. The zero-order valence-electron chi connectivity index (χ0n) is 23.7. The molecule has 2 amide bonds. The van der Waals surface area contributed by atoms with Gasteiger partial charge in [-0.15, -0.1) is 0 Å². The predicted molar refractivity (Wildman–Crippen MR) is 165 cm³/mol. The maximum absolute atomic E-state index is 14.3. The molecule has 2 aliphatic rings. The first-order chi connectivity index (χ1) is 20.9. The number of fused-ring (bicyclic) bond motifs is 1. The number of sulfonamides is 1. The van der Waals surface area contributed by atoms with Crippen LogP contribution in [-0.4, -0.2) is 54.5 Å². The van der Waals surface area contributed by atoms with E-state index in [0.29, 0.717) is 40.1 Å². The quantitative estimate of drug-likeness (QED) is 0.272. The van der Waals surface area contributed by atoms with Crippen molar-refractivity contribution in [3.63, 3.8) is 0 Å². The Balaban J connectivity index is 1.56. The van der Waals surface area contributed by atoms with Crippen molar-refractivity contribution in [2.45, 2.75) is 56.3 Å². The number of halogens is 2. The van der Waals surface area contributed by atoms with Gasteiger partial charge in [0.2, 0.25) is 10.0 Å². The molecule has 10 nitrogen and oxygen atoms in total. The molecule has 5 rings (SSSR count). The highest BCUT2D eigenvalue weighted by molar-refractivity contribution is 7.88. The molecule has 44 heavy (non-hydrogen) atoms. The number of hydrogen-bond acceptors (Lipinski definition) is 6. The number of benzene rings is 3. The van der Waals surface area contributed by atoms with Crippen molar-refractivity contribution < 1.29 is 32.7 Å². The SMILES string of the molecule is CS(=O)(=O)N[C@@H]1CCCCC1N1C(=O)c2ccccc2[C@@H](C(=O)NOCc2cccc(C(=O)O)c2)[C@@H]1c1ccc(Cl)cc1Cl. The summed E-state index contributed by atoms with van der Waals surface area (Å²) in [6, 6.07) is 15.7. The van der Waals surface area contributed by atoms with Gasteiger partial charge in [0.1, 0.15) is 0 Å². The number of carbonyl (C=O) groups excluding carboxylic acids is 2. The molecule has 0 aromatic heterocycles. The zero-order valence-corrected chi connectivity index (χ0v) is 26.0. The van der Waals surface area contributed by atoms with Crippen molar-refractivity contribution in [3.8, 4) is 0 Å². The molecule has 1 aliphatic heterocycles. The summed E-state index contributed by atoms with van der Waals surface area (Å²) in [6.07, 6.45) is 3.64. The lowest BCUT2D eigenvalue weighted by atomic mass is 9.76. The van der Waals surface area contributed by atoms with Crippen LogP contribution in [0.15, 0.2) is 66.7 Å². The highest BCUT2D eigenvalue weighted by atomic mass is 35.5. The maximum Gasteiger partial charge on any atom is 0.335 e. The van der Waals surface area contributed by atoms with Crippen LogP contribution < -0.4 is 10.2 Å². The zero-order chi connectivity index (χ0) is 31.6. The largest absolute Gasteiger partial charge is 0.478 e. The minimum atomic E-state index is -3.61. The second-order valence-corrected chi connectivity index (χ2v) is 13.6. The number of nitrogens with one attached hydrogen (secondary N) is 2. The van der Waals surface area contributed by atoms with E-state index in [2.05, 4.69) is 10.2 Å². The number of carbonyl (C=O) groups is 3. The summed E-state index contributed by atoms with van der Waals surface area (Å²) >= 11 is 13.0. The van der Waals surface area contributed by atoms with E-state index >= 15 is 0 Å². The van der Waals surface area contributed by atoms with Crippen molar-refractivity contribution in [3.05, 3.63) is 105 Å². The number of amides is 2. The van der Waals surface area contributed by atoms with Crippen molar-refractivity contribution in [2.75, 3.05) is 6.26 Å². The molecule has 3 aromatic rings. The third-order valence-electron chi connectivity index (χ3n) is 7.98. The lowest BCUT2D eigenvalue weighted by Crippen LogP contribution is -2.59. The number of hydrogen-bond donors (Lipinski definition) is 3. The van der Waals surface area contributed by atoms with E-state index in [9.17, 15) is 27.9 Å². The highest BCUT2D eigenvalue weighted by Gasteiger charge is 2.49. The van der Waals surface area contributed by atoms with Crippen molar-refractivity contribution >= 4 is 51.0 Å². The first kappa shape index (κ1) is 31.9. The van der Waals surface area contributed by atoms with Gasteiger partial charge < -0.3 is 10.0 Å². The van der Waals surface area contributed by atoms with Gasteiger partial charge >= 0.3 is 5.97 Å². The molecular weight excluding hydrogens is 629 g/mol. The molecule has 0 bridgehead atoms. The number of aromatic carboxylic acids is 1. The van der Waals surface area contributed by atoms with Crippen LogP contribution in [-0.2, 0) is 26.3 Å². The molecule has 3 N–H and O–H groups in total. The van der Waals surface area contributed by atoms with E-state index in [1.54, 1.807) is 53.4 Å². The number of hydroxylamine groups is 1. The third kappa shape index (κ3) is 6.92. The van der Waals surface area contributed by atoms with Gasteiger partial charge in [-0.2, -0.15) is 0 Å². The Kier molecular flexibility index (Phi) is 9.62. The lowest BCUT2D eigenvalue weighted by molar-refractivity contribution is -0.138. The fraction of sp³-hybridized carbons (Fsp3) is 0.323. The average molecular weight is 661 g/mol. The van der Waals surface area contributed by atoms with E-state index < -0.39 is 45.9 Å². The van der Waals surface area contributed by atoms with Gasteiger partial charge in [-0.05, 0) is 59.9 Å². The molecular formula is C31H31Cl2N3O7S. The van der Waals surface area contributed by atoms with Gasteiger partial charge in [0.25, 0.3) is 11.8 Å². The van der Waals surface area contributed by atoms with Crippen LogP contribution in [0.3, 0.4) is 0 Å². The molecule has 1 fully saturated rings. The summed E-state index contributed by atoms with van der Waals surface area (Å²) in [7, 11) is -3.61. The van der Waals surface area contributed by atoms with E-state index in [1.165, 1.54) is 18.2 Å². The van der Waals surface area contributed by atoms with Gasteiger partial charge in [0.05, 0.1) is 30.4 Å². The standard InChI is InChI=1S/C31H31Cl2N3O7S/c1-44(41,42)35-25-11-4-5-12-26(25)36-28(23-14-13-20(32)16-24(23)33)27(21-9-2-3-10-22(21)30(36)38)29(37)34-43-17-18-7-6-8-19(15-18)31(39)40/h2-3,6-10,13-16,25-28,35H,4-5,11-12,17H2,1H3,(H,34,37)(H,39,40)/t25-,26?,27-,28+/m1/s1. The average Bonchev–Trinajstić information content (AvgIpc) is 2.97. The van der Waals surface area contributed by atoms with E-state index in [-0.39, 0.29) is 23.1 Å². The van der Waals surface area contributed by atoms with Gasteiger partial charge in [-0.1, -0.05) is 72.4 Å². The summed E-state index contributed by atoms with van der Waals surface area (Å²) in [5, 5.41) is 9.91. The molecule has 4 atom stereocenters. The van der Waals surface area contributed by atoms with E-state index in [0.717, 1.165) is 19.1 Å². The monoisotopic (exact) mass is 659 g/mol. The second kappa shape index (κ2) is 13.3. The Bertz CT molecular complexity index is 1700. The first-order valence-electron chi connectivity index (χ1n) is 14.0. The molecule has 0 spiro atoms. The van der Waals surface area contributed by atoms with Crippen LogP contribution in [0.1, 0.15) is 75.0 Å². The van der Waals surface area contributed by atoms with Crippen LogP contribution in [0, 0.1) is 0 Å². The Hall–Kier alpha value is -3.48. The van der Waals surface area contributed by atoms with Gasteiger partial charge in [0, 0.05) is 27.7 Å². The van der Waals surface area contributed by atoms with Gasteiger partial charge in [-0.3, -0.25) is 14.4 Å². The van der Waals surface area contributed by atoms with Crippen LogP contribution in [0.4, 0.5) is 0 Å². The Labute approximate surface area is 265 Å². The Morgan fingerprint density at radius 2 is 1.75 bits per heavy atom. The summed E-state index contributed by atoms with van der Waals surface area (Å²) in [6.45, 7) is -0.112. The van der Waals surface area contributed by atoms with Crippen LogP contribution in [0.25, 0.3) is 0 Å². The molecule has 1 saturated carbocycles. The Morgan fingerprint density at radius 1 is 1.00 bits per heavy atom. The number of rotatable bonds is 9. The number of carboxylic acids is 1. The Morgan fingerprint density at radius 3 is 2.48 bits per heavy atom. The summed E-state index contributed by atoms with van der Waals surface area (Å²) in [4.78, 5) is 46.9. The van der Waals surface area contributed by atoms with E-state index in [4.69, 9.17) is 28.0 Å². The third-order valence-corrected chi connectivity index (χ3v) is 9.27. The van der Waals surface area contributed by atoms with Crippen LogP contribution in [0.5, 0.6) is 0 Å². The minimum absolute atomic E-state index is 0.0787. The minimum Gasteiger partial charge on any atom is -0.478 e. The summed E-state index contributed by atoms with van der Waals surface area (Å²) < 4.78 is 27.4. The predicted octanol–water partition coefficient (Wildman–Crippen LogP) is 5.08. The fourth-order valence-corrected chi connectivity index (χ4v) is 7.52. The summed E-state index contributed by atoms with van der Waals surface area (Å²) in [5.41, 5.74) is 4.35. The molecule has 0 saturated heterocycles. The number of carboxylic acid groups (broad SMARTS) is 1. The van der Waals surface area contributed by atoms with Gasteiger partial charge in [-0.25, -0.2) is 23.4 Å². The van der Waals surface area contributed by atoms with Crippen molar-refractivity contribution in [1.82, 2.24) is 15.1 Å². The highest BCUT2D eigenvalue weighted by Crippen LogP contribution is 2.47. The molecule has 232 valence electrons. The lowest BCUT2D eigenvalue weighted by Gasteiger charge is -2.49. The van der Waals surface area contributed by atoms with Crippen molar-refractivity contribution in [2.24, 2.45) is 0 Å². The normalized spacial score (nSPS) is 21.9. The first-order valence-corrected chi connectivity index (χ1v) is 16.7. The smallest absolute Gasteiger partial charge is 0.335 e. The van der Waals surface area contributed by atoms with E-state index in [1.807, 2.05) is 0 Å². The van der Waals surface area contributed by atoms with Crippen molar-refractivity contribution in [1.29, 1.82) is 0 Å². The van der Waals surface area contributed by atoms with Gasteiger partial charge in [0.15, 0.2) is 0 Å². The topological polar surface area (TPSA) is 142 Å². The summed E-state index contributed by atoms with van der Waals surface area (Å²) in [5.74, 6) is -3.01. The second-order valence-electron chi connectivity index (χ2n) is 11.0. The molecule has 3 aromatic carbocycles. The number of nitrogens with zero attached hydrogens (tertiary/aromatic N) is 1. The molecule has 1 heterocycles. The van der Waals surface area contributed by atoms with Crippen LogP contribution in [0.2, 0.25) is 10.0 Å². The molecule has 1 aliphatic carbocycles.